The first-order valence-corrected chi connectivity index (χ1v) is 8.75. The van der Waals surface area contributed by atoms with Crippen molar-refractivity contribution in [1.29, 1.82) is 0 Å². The summed E-state index contributed by atoms with van der Waals surface area (Å²) in [5.41, 5.74) is 0.932. The molecule has 6 heteroatoms. The third-order valence-corrected chi connectivity index (χ3v) is 4.48. The number of hydrogen-bond acceptors (Lipinski definition) is 2. The van der Waals surface area contributed by atoms with E-state index in [9.17, 15) is 14.0 Å². The maximum atomic E-state index is 13.8. The Bertz CT molecular complexity index is 780. The fraction of sp³-hybridized carbons (Fsp3) is 0.158. The van der Waals surface area contributed by atoms with Gasteiger partial charge in [0.15, 0.2) is 0 Å². The summed E-state index contributed by atoms with van der Waals surface area (Å²) in [5.74, 6) is -0.988. The highest BCUT2D eigenvalue weighted by atomic mass is 127. The summed E-state index contributed by atoms with van der Waals surface area (Å²) >= 11 is 2.07. The molecule has 0 aliphatic heterocycles. The third-order valence-electron chi connectivity index (χ3n) is 3.54. The van der Waals surface area contributed by atoms with Gasteiger partial charge >= 0.3 is 0 Å². The average Bonchev–Trinajstić information content (AvgIpc) is 2.61. The molecular formula is C19H18FIN2O2. The number of benzene rings is 2. The minimum Gasteiger partial charge on any atom is -0.343 e. The summed E-state index contributed by atoms with van der Waals surface area (Å²) in [6.07, 6.45) is 1.57. The van der Waals surface area contributed by atoms with Crippen molar-refractivity contribution in [3.8, 4) is 0 Å². The van der Waals surface area contributed by atoms with E-state index in [1.165, 1.54) is 11.0 Å². The molecule has 2 amide bonds. The molecule has 0 saturated carbocycles. The van der Waals surface area contributed by atoms with Gasteiger partial charge in [-0.05, 0) is 40.8 Å². The molecule has 2 aromatic rings. The maximum Gasteiger partial charge on any atom is 0.252 e. The molecule has 0 bridgehead atoms. The molecule has 0 radical (unpaired) electrons. The van der Waals surface area contributed by atoms with E-state index in [1.807, 2.05) is 12.1 Å². The van der Waals surface area contributed by atoms with E-state index in [0.717, 1.165) is 3.57 Å². The van der Waals surface area contributed by atoms with Crippen LogP contribution in [0.25, 0.3) is 0 Å². The lowest BCUT2D eigenvalue weighted by atomic mass is 10.2. The number of rotatable bonds is 7. The Morgan fingerprint density at radius 3 is 2.52 bits per heavy atom. The molecule has 4 nitrogen and oxygen atoms in total. The number of nitrogens with zero attached hydrogens (tertiary/aromatic N) is 1. The molecular weight excluding hydrogens is 434 g/mol. The van der Waals surface area contributed by atoms with Gasteiger partial charge in [0, 0.05) is 22.2 Å². The second-order valence-electron chi connectivity index (χ2n) is 5.32. The minimum atomic E-state index is -0.368. The Kier molecular flexibility index (Phi) is 7.12. The molecule has 0 aliphatic carbocycles. The molecule has 2 aromatic carbocycles. The number of nitrogens with one attached hydrogen (secondary N) is 1. The molecule has 0 heterocycles. The summed E-state index contributed by atoms with van der Waals surface area (Å²) in [6, 6.07) is 13.4. The third kappa shape index (κ3) is 5.38. The molecule has 0 unspecified atom stereocenters. The molecule has 0 aliphatic rings. The Balaban J connectivity index is 2.01. The number of carbonyl (C=O) groups is 2. The fourth-order valence-electron chi connectivity index (χ4n) is 2.25. The van der Waals surface area contributed by atoms with Gasteiger partial charge in [0.25, 0.3) is 5.91 Å². The quantitative estimate of drug-likeness (QED) is 0.518. The van der Waals surface area contributed by atoms with Crippen LogP contribution in [0.1, 0.15) is 15.9 Å². The van der Waals surface area contributed by atoms with Gasteiger partial charge in [0.1, 0.15) is 5.82 Å². The van der Waals surface area contributed by atoms with Crippen LogP contribution in [-0.2, 0) is 11.3 Å². The summed E-state index contributed by atoms with van der Waals surface area (Å²) < 4.78 is 14.6. The first-order valence-electron chi connectivity index (χ1n) is 7.67. The van der Waals surface area contributed by atoms with Crippen LogP contribution < -0.4 is 5.32 Å². The first-order chi connectivity index (χ1) is 12.0. The van der Waals surface area contributed by atoms with Crippen molar-refractivity contribution in [2.45, 2.75) is 6.54 Å². The normalized spacial score (nSPS) is 10.2. The van der Waals surface area contributed by atoms with Gasteiger partial charge in [-0.25, -0.2) is 4.39 Å². The van der Waals surface area contributed by atoms with E-state index < -0.39 is 0 Å². The number of hydrogen-bond donors (Lipinski definition) is 1. The predicted octanol–water partition coefficient (Wildman–Crippen LogP) is 3.37. The summed E-state index contributed by atoms with van der Waals surface area (Å²) in [7, 11) is 0. The van der Waals surface area contributed by atoms with Gasteiger partial charge in [-0.15, -0.1) is 6.58 Å². The number of carbonyl (C=O) groups excluding carboxylic acids is 2. The number of halogens is 2. The predicted molar refractivity (Wildman–Crippen MR) is 104 cm³/mol. The topological polar surface area (TPSA) is 49.4 Å². The molecule has 25 heavy (non-hydrogen) atoms. The van der Waals surface area contributed by atoms with Crippen LogP contribution in [0, 0.1) is 9.39 Å². The van der Waals surface area contributed by atoms with Crippen LogP contribution in [0.4, 0.5) is 4.39 Å². The Hall–Kier alpha value is -2.22. The van der Waals surface area contributed by atoms with E-state index >= 15 is 0 Å². The van der Waals surface area contributed by atoms with Crippen LogP contribution in [0.2, 0.25) is 0 Å². The molecule has 0 atom stereocenters. The summed E-state index contributed by atoms with van der Waals surface area (Å²) in [5, 5.41) is 2.62. The second kappa shape index (κ2) is 9.31. The van der Waals surface area contributed by atoms with E-state index in [4.69, 9.17) is 0 Å². The van der Waals surface area contributed by atoms with Gasteiger partial charge < -0.3 is 10.2 Å². The van der Waals surface area contributed by atoms with Crippen LogP contribution in [0.3, 0.4) is 0 Å². The van der Waals surface area contributed by atoms with Crippen LogP contribution >= 0.6 is 22.6 Å². The highest BCUT2D eigenvalue weighted by molar-refractivity contribution is 14.1. The molecule has 0 spiro atoms. The Labute approximate surface area is 159 Å². The minimum absolute atomic E-state index is 0.121. The highest BCUT2D eigenvalue weighted by Gasteiger charge is 2.16. The monoisotopic (exact) mass is 452 g/mol. The van der Waals surface area contributed by atoms with E-state index in [-0.39, 0.29) is 37.3 Å². The highest BCUT2D eigenvalue weighted by Crippen LogP contribution is 2.12. The van der Waals surface area contributed by atoms with Crippen LogP contribution in [-0.4, -0.2) is 29.8 Å². The Morgan fingerprint density at radius 1 is 1.16 bits per heavy atom. The zero-order valence-corrected chi connectivity index (χ0v) is 15.7. The lowest BCUT2D eigenvalue weighted by Gasteiger charge is -2.22. The first kappa shape index (κ1) is 19.1. The SMILES string of the molecule is C=CCN(Cc1ccccc1F)C(=O)CNC(=O)c1ccccc1I. The fourth-order valence-corrected chi connectivity index (χ4v) is 2.88. The number of amides is 2. The van der Waals surface area contributed by atoms with Crippen molar-refractivity contribution in [3.05, 3.63) is 81.7 Å². The molecule has 130 valence electrons. The zero-order chi connectivity index (χ0) is 18.2. The summed E-state index contributed by atoms with van der Waals surface area (Å²) in [6.45, 7) is 3.86. The zero-order valence-electron chi connectivity index (χ0n) is 13.5. The van der Waals surface area contributed by atoms with Gasteiger partial charge in [0.05, 0.1) is 12.1 Å². The molecule has 1 N–H and O–H groups in total. The Morgan fingerprint density at radius 2 is 1.84 bits per heavy atom. The van der Waals surface area contributed by atoms with Crippen molar-refractivity contribution in [3.63, 3.8) is 0 Å². The smallest absolute Gasteiger partial charge is 0.252 e. The van der Waals surface area contributed by atoms with Crippen LogP contribution in [0.5, 0.6) is 0 Å². The van der Waals surface area contributed by atoms with Crippen molar-refractivity contribution >= 4 is 34.4 Å². The molecule has 0 aromatic heterocycles. The molecule has 0 saturated heterocycles. The summed E-state index contributed by atoms with van der Waals surface area (Å²) in [4.78, 5) is 26.1. The average molecular weight is 452 g/mol. The molecule has 2 rings (SSSR count). The lowest BCUT2D eigenvalue weighted by molar-refractivity contribution is -0.130. The van der Waals surface area contributed by atoms with E-state index in [1.54, 1.807) is 36.4 Å². The van der Waals surface area contributed by atoms with Crippen LogP contribution in [0.15, 0.2) is 61.2 Å². The standard InChI is InChI=1S/C19H18FIN2O2/c1-2-11-23(13-14-7-3-5-9-16(14)20)18(24)12-22-19(25)15-8-4-6-10-17(15)21/h2-10H,1,11-13H2,(H,22,25). The van der Waals surface area contributed by atoms with E-state index in [2.05, 4.69) is 34.5 Å². The van der Waals surface area contributed by atoms with E-state index in [0.29, 0.717) is 11.1 Å². The van der Waals surface area contributed by atoms with Gasteiger partial charge in [-0.3, -0.25) is 9.59 Å². The van der Waals surface area contributed by atoms with Gasteiger partial charge in [-0.1, -0.05) is 36.4 Å². The van der Waals surface area contributed by atoms with Crippen molar-refractivity contribution < 1.29 is 14.0 Å². The lowest BCUT2D eigenvalue weighted by Crippen LogP contribution is -2.40. The van der Waals surface area contributed by atoms with Crippen molar-refractivity contribution in [2.75, 3.05) is 13.1 Å². The maximum absolute atomic E-state index is 13.8. The molecule has 0 fully saturated rings. The van der Waals surface area contributed by atoms with Gasteiger partial charge in [-0.2, -0.15) is 0 Å². The van der Waals surface area contributed by atoms with Gasteiger partial charge in [0.2, 0.25) is 5.91 Å². The largest absolute Gasteiger partial charge is 0.343 e. The van der Waals surface area contributed by atoms with Crippen molar-refractivity contribution in [2.24, 2.45) is 0 Å². The second-order valence-corrected chi connectivity index (χ2v) is 6.48. The van der Waals surface area contributed by atoms with Crippen molar-refractivity contribution in [1.82, 2.24) is 10.2 Å².